The normalized spacial score (nSPS) is 13.0. The first-order valence-electron chi connectivity index (χ1n) is 8.25. The number of nitrogens with zero attached hydrogens (tertiary/aromatic N) is 4. The van der Waals surface area contributed by atoms with Gasteiger partial charge in [0, 0.05) is 30.9 Å². The number of hydrogen-bond acceptors (Lipinski definition) is 6. The van der Waals surface area contributed by atoms with Gasteiger partial charge in [0.2, 0.25) is 0 Å². The van der Waals surface area contributed by atoms with Crippen LogP contribution in [0.4, 0.5) is 17.2 Å². The van der Waals surface area contributed by atoms with Crippen molar-refractivity contribution >= 4 is 28.1 Å². The van der Waals surface area contributed by atoms with E-state index in [1.807, 2.05) is 12.3 Å². The zero-order valence-electron chi connectivity index (χ0n) is 13.7. The number of hydrogen-bond donors (Lipinski definition) is 2. The largest absolute Gasteiger partial charge is 0.369 e. The summed E-state index contributed by atoms with van der Waals surface area (Å²) in [6.07, 6.45) is 6.23. The van der Waals surface area contributed by atoms with E-state index in [0.717, 1.165) is 48.6 Å². The highest BCUT2D eigenvalue weighted by Gasteiger charge is 2.19. The summed E-state index contributed by atoms with van der Waals surface area (Å²) in [5.41, 5.74) is 4.54. The molecule has 0 unspecified atom stereocenters. The SMILES string of the molecule is CCN1CNc2cc3c(NCCc4cccnc4)ncnc3cc21. The lowest BCUT2D eigenvalue weighted by molar-refractivity contribution is 0.911. The van der Waals surface area contributed by atoms with E-state index in [9.17, 15) is 0 Å². The third-order valence-electron chi connectivity index (χ3n) is 4.36. The van der Waals surface area contributed by atoms with Crippen molar-refractivity contribution in [2.75, 3.05) is 35.3 Å². The number of fused-ring (bicyclic) bond motifs is 2. The molecule has 6 heteroatoms. The van der Waals surface area contributed by atoms with Crippen molar-refractivity contribution in [3.05, 3.63) is 48.5 Å². The topological polar surface area (TPSA) is 66.0 Å². The molecule has 2 aromatic heterocycles. The monoisotopic (exact) mass is 320 g/mol. The molecule has 0 fully saturated rings. The first kappa shape index (κ1) is 14.7. The molecule has 0 amide bonds. The van der Waals surface area contributed by atoms with Crippen molar-refractivity contribution in [3.63, 3.8) is 0 Å². The lowest BCUT2D eigenvalue weighted by Gasteiger charge is -2.15. The van der Waals surface area contributed by atoms with E-state index in [1.54, 1.807) is 12.5 Å². The van der Waals surface area contributed by atoms with Crippen molar-refractivity contribution in [1.82, 2.24) is 15.0 Å². The van der Waals surface area contributed by atoms with Crippen LogP contribution in [0.3, 0.4) is 0 Å². The van der Waals surface area contributed by atoms with E-state index in [2.05, 4.69) is 55.6 Å². The summed E-state index contributed by atoms with van der Waals surface area (Å²) in [6.45, 7) is 4.79. The van der Waals surface area contributed by atoms with Crippen LogP contribution in [0.15, 0.2) is 43.0 Å². The molecule has 24 heavy (non-hydrogen) atoms. The first-order chi connectivity index (χ1) is 11.8. The van der Waals surface area contributed by atoms with Crippen LogP contribution in [0.1, 0.15) is 12.5 Å². The van der Waals surface area contributed by atoms with Crippen LogP contribution < -0.4 is 15.5 Å². The molecule has 0 radical (unpaired) electrons. The third kappa shape index (κ3) is 2.71. The Hall–Kier alpha value is -2.89. The summed E-state index contributed by atoms with van der Waals surface area (Å²) in [5.74, 6) is 0.878. The number of aromatic nitrogens is 3. The van der Waals surface area contributed by atoms with Crippen molar-refractivity contribution in [3.8, 4) is 0 Å². The molecule has 0 saturated carbocycles. The fourth-order valence-corrected chi connectivity index (χ4v) is 3.06. The molecule has 6 nitrogen and oxygen atoms in total. The average molecular weight is 320 g/mol. The van der Waals surface area contributed by atoms with Crippen molar-refractivity contribution < 1.29 is 0 Å². The Morgan fingerprint density at radius 2 is 2.25 bits per heavy atom. The zero-order valence-corrected chi connectivity index (χ0v) is 13.7. The van der Waals surface area contributed by atoms with Crippen LogP contribution in [0.25, 0.3) is 10.9 Å². The van der Waals surface area contributed by atoms with Gasteiger partial charge >= 0.3 is 0 Å². The van der Waals surface area contributed by atoms with Gasteiger partial charge in [0.05, 0.1) is 23.6 Å². The minimum Gasteiger partial charge on any atom is -0.369 e. The van der Waals surface area contributed by atoms with Gasteiger partial charge in [0.25, 0.3) is 0 Å². The predicted molar refractivity (Wildman–Crippen MR) is 97.5 cm³/mol. The molecular formula is C18H20N6. The zero-order chi connectivity index (χ0) is 16.4. The minimum absolute atomic E-state index is 0.809. The second-order valence-electron chi connectivity index (χ2n) is 5.84. The Morgan fingerprint density at radius 3 is 3.08 bits per heavy atom. The Labute approximate surface area is 141 Å². The number of anilines is 3. The molecule has 3 heterocycles. The maximum atomic E-state index is 4.44. The fraction of sp³-hybridized carbons (Fsp3) is 0.278. The van der Waals surface area contributed by atoms with Gasteiger partial charge in [-0.15, -0.1) is 0 Å². The van der Waals surface area contributed by atoms with Gasteiger partial charge in [0.15, 0.2) is 0 Å². The Balaban J connectivity index is 1.57. The molecular weight excluding hydrogens is 300 g/mol. The number of rotatable bonds is 5. The molecule has 0 atom stereocenters. The molecule has 2 N–H and O–H groups in total. The van der Waals surface area contributed by atoms with Crippen LogP contribution in [-0.2, 0) is 6.42 Å². The third-order valence-corrected chi connectivity index (χ3v) is 4.36. The molecule has 1 aromatic carbocycles. The lowest BCUT2D eigenvalue weighted by Crippen LogP contribution is -2.21. The lowest BCUT2D eigenvalue weighted by atomic mass is 10.1. The average Bonchev–Trinajstić information content (AvgIpc) is 3.03. The van der Waals surface area contributed by atoms with Crippen LogP contribution in [0.2, 0.25) is 0 Å². The van der Waals surface area contributed by atoms with E-state index in [-0.39, 0.29) is 0 Å². The van der Waals surface area contributed by atoms with Gasteiger partial charge in [-0.1, -0.05) is 6.07 Å². The van der Waals surface area contributed by atoms with Gasteiger partial charge in [-0.25, -0.2) is 9.97 Å². The van der Waals surface area contributed by atoms with E-state index in [1.165, 1.54) is 11.3 Å². The Bertz CT molecular complexity index is 849. The Morgan fingerprint density at radius 1 is 1.29 bits per heavy atom. The van der Waals surface area contributed by atoms with Crippen molar-refractivity contribution in [1.29, 1.82) is 0 Å². The predicted octanol–water partition coefficient (Wildman–Crippen LogP) is 2.89. The fourth-order valence-electron chi connectivity index (χ4n) is 3.06. The van der Waals surface area contributed by atoms with Crippen molar-refractivity contribution in [2.24, 2.45) is 0 Å². The van der Waals surface area contributed by atoms with Crippen LogP contribution in [-0.4, -0.2) is 34.7 Å². The van der Waals surface area contributed by atoms with Crippen LogP contribution >= 0.6 is 0 Å². The first-order valence-corrected chi connectivity index (χ1v) is 8.25. The molecule has 0 aliphatic carbocycles. The highest BCUT2D eigenvalue weighted by molar-refractivity contribution is 5.97. The van der Waals surface area contributed by atoms with Gasteiger partial charge in [-0.05, 0) is 37.1 Å². The summed E-state index contributed by atoms with van der Waals surface area (Å²) < 4.78 is 0. The van der Waals surface area contributed by atoms with Crippen molar-refractivity contribution in [2.45, 2.75) is 13.3 Å². The van der Waals surface area contributed by atoms with Gasteiger partial charge in [-0.3, -0.25) is 4.98 Å². The maximum absolute atomic E-state index is 4.44. The quantitative estimate of drug-likeness (QED) is 0.753. The molecule has 122 valence electrons. The molecule has 4 rings (SSSR count). The summed E-state index contributed by atoms with van der Waals surface area (Å²) in [6, 6.07) is 8.33. The van der Waals surface area contributed by atoms with Crippen LogP contribution in [0.5, 0.6) is 0 Å². The summed E-state index contributed by atoms with van der Waals surface area (Å²) in [4.78, 5) is 15.3. The van der Waals surface area contributed by atoms with Gasteiger partial charge < -0.3 is 15.5 Å². The number of nitrogens with one attached hydrogen (secondary N) is 2. The molecule has 0 bridgehead atoms. The molecule has 1 aliphatic rings. The molecule has 0 spiro atoms. The van der Waals surface area contributed by atoms with Gasteiger partial charge in [-0.2, -0.15) is 0 Å². The second-order valence-corrected chi connectivity index (χ2v) is 5.84. The van der Waals surface area contributed by atoms with E-state index in [4.69, 9.17) is 0 Å². The minimum atomic E-state index is 0.809. The molecule has 0 saturated heterocycles. The van der Waals surface area contributed by atoms with Gasteiger partial charge in [0.1, 0.15) is 12.1 Å². The summed E-state index contributed by atoms with van der Waals surface area (Å²) >= 11 is 0. The maximum Gasteiger partial charge on any atom is 0.137 e. The van der Waals surface area contributed by atoms with E-state index >= 15 is 0 Å². The highest BCUT2D eigenvalue weighted by Crippen LogP contribution is 2.36. The van der Waals surface area contributed by atoms with Crippen LogP contribution in [0, 0.1) is 0 Å². The Kier molecular flexibility index (Phi) is 3.86. The summed E-state index contributed by atoms with van der Waals surface area (Å²) in [7, 11) is 0. The highest BCUT2D eigenvalue weighted by atomic mass is 15.3. The standard InChI is InChI=1S/C18H20N6/c1-2-24-12-23-16-8-14-15(9-17(16)24)21-11-22-18(14)20-7-5-13-4-3-6-19-10-13/h3-4,6,8-11,23H,2,5,7,12H2,1H3,(H,20,21,22). The van der Waals surface area contributed by atoms with E-state index in [0.29, 0.717) is 0 Å². The molecule has 3 aromatic rings. The second kappa shape index (κ2) is 6.31. The smallest absolute Gasteiger partial charge is 0.137 e. The number of pyridine rings is 1. The molecule has 1 aliphatic heterocycles. The number of benzene rings is 1. The summed E-state index contributed by atoms with van der Waals surface area (Å²) in [5, 5.41) is 7.92. The van der Waals surface area contributed by atoms with E-state index < -0.39 is 0 Å².